The lowest BCUT2D eigenvalue weighted by Gasteiger charge is -2.04. The molecule has 0 radical (unpaired) electrons. The molecule has 1 heterocycles. The van der Waals surface area contributed by atoms with Gasteiger partial charge in [0.1, 0.15) is 5.75 Å². The van der Waals surface area contributed by atoms with E-state index in [0.29, 0.717) is 0 Å². The number of carbonyl (C=O) groups is 1. The molecule has 0 amide bonds. The number of nitrogens with zero attached hydrogens (tertiary/aromatic N) is 1. The zero-order chi connectivity index (χ0) is 10.6. The van der Waals surface area contributed by atoms with E-state index in [1.165, 1.54) is 18.5 Å². The fourth-order valence-electron chi connectivity index (χ4n) is 0.662. The van der Waals surface area contributed by atoms with Gasteiger partial charge >= 0.3 is 7.60 Å². The molecule has 0 saturated carbocycles. The van der Waals surface area contributed by atoms with Crippen molar-refractivity contribution in [2.75, 3.05) is 6.61 Å². The maximum Gasteiger partial charge on any atom is 0.395 e. The molecule has 0 bridgehead atoms. The highest BCUT2D eigenvalue weighted by molar-refractivity contribution is 7.70. The van der Waals surface area contributed by atoms with E-state index in [0.717, 1.165) is 0 Å². The van der Waals surface area contributed by atoms with Gasteiger partial charge in [-0.25, -0.2) is 0 Å². The van der Waals surface area contributed by atoms with Crippen LogP contribution in [0.15, 0.2) is 24.5 Å². The standard InChI is InChI=1S/C7H8NO5P/c9-7(14(10,11)12)5-13-6-2-1-3-8-4-6/h1-4H,5H2,(H2,10,11,12). The van der Waals surface area contributed by atoms with Crippen molar-refractivity contribution in [3.63, 3.8) is 0 Å². The second-order valence-electron chi connectivity index (χ2n) is 2.42. The zero-order valence-corrected chi connectivity index (χ0v) is 7.92. The molecule has 0 aliphatic rings. The summed E-state index contributed by atoms with van der Waals surface area (Å²) in [6.07, 6.45) is 2.85. The topological polar surface area (TPSA) is 96.7 Å². The summed E-state index contributed by atoms with van der Waals surface area (Å²) in [7, 11) is -4.68. The van der Waals surface area contributed by atoms with Crippen LogP contribution in [0.2, 0.25) is 0 Å². The van der Waals surface area contributed by atoms with E-state index in [-0.39, 0.29) is 5.75 Å². The van der Waals surface area contributed by atoms with E-state index in [2.05, 4.69) is 4.98 Å². The monoisotopic (exact) mass is 217 g/mol. The molecule has 14 heavy (non-hydrogen) atoms. The molecule has 1 aromatic heterocycles. The molecule has 76 valence electrons. The van der Waals surface area contributed by atoms with Crippen LogP contribution in [0, 0.1) is 0 Å². The van der Waals surface area contributed by atoms with Gasteiger partial charge in [0.25, 0.3) is 5.52 Å². The van der Waals surface area contributed by atoms with E-state index < -0.39 is 19.7 Å². The zero-order valence-electron chi connectivity index (χ0n) is 7.03. The number of ether oxygens (including phenoxy) is 1. The van der Waals surface area contributed by atoms with Gasteiger partial charge in [-0.15, -0.1) is 0 Å². The van der Waals surface area contributed by atoms with Crippen LogP contribution in [-0.4, -0.2) is 26.9 Å². The van der Waals surface area contributed by atoms with Gasteiger partial charge in [-0.1, -0.05) is 0 Å². The fourth-order valence-corrected chi connectivity index (χ4v) is 0.894. The Morgan fingerprint density at radius 1 is 1.57 bits per heavy atom. The Kier molecular flexibility index (Phi) is 3.35. The first kappa shape index (κ1) is 10.8. The van der Waals surface area contributed by atoms with Crippen LogP contribution in [0.5, 0.6) is 5.75 Å². The van der Waals surface area contributed by atoms with Crippen molar-refractivity contribution in [1.82, 2.24) is 4.98 Å². The predicted molar refractivity (Wildman–Crippen MR) is 46.8 cm³/mol. The molecule has 1 rings (SSSR count). The van der Waals surface area contributed by atoms with Gasteiger partial charge in [-0.3, -0.25) is 14.3 Å². The Balaban J connectivity index is 2.51. The van der Waals surface area contributed by atoms with Gasteiger partial charge < -0.3 is 14.5 Å². The van der Waals surface area contributed by atoms with Crippen LogP contribution in [0.1, 0.15) is 0 Å². The molecule has 0 atom stereocenters. The lowest BCUT2D eigenvalue weighted by Crippen LogP contribution is -2.11. The molecule has 0 spiro atoms. The first-order chi connectivity index (χ1) is 6.50. The second-order valence-corrected chi connectivity index (χ2v) is 4.00. The first-order valence-electron chi connectivity index (χ1n) is 3.62. The van der Waals surface area contributed by atoms with E-state index in [9.17, 15) is 9.36 Å². The molecule has 0 aromatic carbocycles. The second kappa shape index (κ2) is 4.32. The number of rotatable bonds is 4. The van der Waals surface area contributed by atoms with Gasteiger partial charge in [-0.05, 0) is 12.1 Å². The van der Waals surface area contributed by atoms with Crippen LogP contribution in [0.4, 0.5) is 0 Å². The summed E-state index contributed by atoms with van der Waals surface area (Å²) >= 11 is 0. The number of hydrogen-bond acceptors (Lipinski definition) is 4. The van der Waals surface area contributed by atoms with Crippen LogP contribution in [-0.2, 0) is 9.36 Å². The minimum atomic E-state index is -4.68. The molecule has 2 N–H and O–H groups in total. The highest BCUT2D eigenvalue weighted by atomic mass is 31.2. The quantitative estimate of drug-likeness (QED) is 0.697. The normalized spacial score (nSPS) is 11.0. The molecule has 1 aromatic rings. The van der Waals surface area contributed by atoms with Gasteiger partial charge in [0.15, 0.2) is 6.61 Å². The van der Waals surface area contributed by atoms with Crippen molar-refractivity contribution in [3.8, 4) is 5.75 Å². The van der Waals surface area contributed by atoms with E-state index >= 15 is 0 Å². The largest absolute Gasteiger partial charge is 0.483 e. The molecule has 0 aliphatic carbocycles. The molecule has 6 nitrogen and oxygen atoms in total. The summed E-state index contributed by atoms with van der Waals surface area (Å²) in [6, 6.07) is 3.11. The predicted octanol–water partition coefficient (Wildman–Crippen LogP) is 0.165. The van der Waals surface area contributed by atoms with Crippen molar-refractivity contribution in [1.29, 1.82) is 0 Å². The smallest absolute Gasteiger partial charge is 0.395 e. The van der Waals surface area contributed by atoms with Crippen LogP contribution in [0.3, 0.4) is 0 Å². The summed E-state index contributed by atoms with van der Waals surface area (Å²) in [5.41, 5.74) is -1.25. The number of carbonyl (C=O) groups excluding carboxylic acids is 1. The van der Waals surface area contributed by atoms with E-state index in [1.54, 1.807) is 6.07 Å². The van der Waals surface area contributed by atoms with Crippen LogP contribution < -0.4 is 4.74 Å². The lowest BCUT2D eigenvalue weighted by atomic mass is 10.5. The van der Waals surface area contributed by atoms with Crippen molar-refractivity contribution in [2.45, 2.75) is 0 Å². The molecular weight excluding hydrogens is 209 g/mol. The lowest BCUT2D eigenvalue weighted by molar-refractivity contribution is -0.115. The SMILES string of the molecule is O=C(COc1cccnc1)P(=O)(O)O. The minimum Gasteiger partial charge on any atom is -0.483 e. The summed E-state index contributed by atoms with van der Waals surface area (Å²) in [5.74, 6) is 0.286. The van der Waals surface area contributed by atoms with Gasteiger partial charge in [0.2, 0.25) is 0 Å². The van der Waals surface area contributed by atoms with E-state index in [1.807, 2.05) is 0 Å². The minimum absolute atomic E-state index is 0.286. The van der Waals surface area contributed by atoms with Gasteiger partial charge in [0, 0.05) is 6.20 Å². The molecule has 7 heteroatoms. The van der Waals surface area contributed by atoms with Crippen molar-refractivity contribution >= 4 is 13.1 Å². The third-order valence-electron chi connectivity index (χ3n) is 1.32. The highest BCUT2D eigenvalue weighted by Gasteiger charge is 2.25. The average Bonchev–Trinajstić information content (AvgIpc) is 2.14. The third kappa shape index (κ3) is 3.26. The summed E-state index contributed by atoms with van der Waals surface area (Å²) in [5, 5.41) is 0. The van der Waals surface area contributed by atoms with Crippen LogP contribution >= 0.6 is 7.60 Å². The molecule has 0 saturated heterocycles. The number of hydrogen-bond donors (Lipinski definition) is 2. The number of aromatic nitrogens is 1. The molecule has 0 unspecified atom stereocenters. The fraction of sp³-hybridized carbons (Fsp3) is 0.143. The Morgan fingerprint density at radius 3 is 2.79 bits per heavy atom. The summed E-state index contributed by atoms with van der Waals surface area (Å²) in [6.45, 7) is -0.657. The maximum absolute atomic E-state index is 10.7. The highest BCUT2D eigenvalue weighted by Crippen LogP contribution is 2.35. The van der Waals surface area contributed by atoms with Gasteiger partial charge in [-0.2, -0.15) is 0 Å². The van der Waals surface area contributed by atoms with Crippen molar-refractivity contribution < 1.29 is 23.9 Å². The first-order valence-corrected chi connectivity index (χ1v) is 5.23. The Labute approximate surface area is 79.7 Å². The van der Waals surface area contributed by atoms with E-state index in [4.69, 9.17) is 14.5 Å². The maximum atomic E-state index is 10.7. The van der Waals surface area contributed by atoms with Crippen molar-refractivity contribution in [2.24, 2.45) is 0 Å². The van der Waals surface area contributed by atoms with Gasteiger partial charge in [0.05, 0.1) is 6.20 Å². The summed E-state index contributed by atoms with van der Waals surface area (Å²) in [4.78, 5) is 31.3. The average molecular weight is 217 g/mol. The Bertz CT molecular complexity index is 360. The Morgan fingerprint density at radius 2 is 2.29 bits per heavy atom. The van der Waals surface area contributed by atoms with Crippen LogP contribution in [0.25, 0.3) is 0 Å². The molecule has 0 aliphatic heterocycles. The molecule has 0 fully saturated rings. The van der Waals surface area contributed by atoms with Crippen molar-refractivity contribution in [3.05, 3.63) is 24.5 Å². The Hall–Kier alpha value is -1.23. The number of pyridine rings is 1. The third-order valence-corrected chi connectivity index (χ3v) is 2.10. The molecular formula is C7H8NO5P. The summed E-state index contributed by atoms with van der Waals surface area (Å²) < 4.78 is 15.2.